The molecule has 6 aromatic carbocycles. The van der Waals surface area contributed by atoms with Crippen molar-refractivity contribution in [3.8, 4) is 0 Å². The molecule has 0 saturated carbocycles. The molecular formula is C86H129N5. The summed E-state index contributed by atoms with van der Waals surface area (Å²) >= 11 is 0. The summed E-state index contributed by atoms with van der Waals surface area (Å²) in [5, 5.41) is 0. The fraction of sp³-hybridized carbons (Fsp3) is 0.581. The van der Waals surface area contributed by atoms with Crippen LogP contribution in [0.2, 0.25) is 0 Å². The van der Waals surface area contributed by atoms with Gasteiger partial charge < -0.3 is 19.6 Å². The summed E-state index contributed by atoms with van der Waals surface area (Å²) < 4.78 is 0. The van der Waals surface area contributed by atoms with Gasteiger partial charge in [0.25, 0.3) is 0 Å². The van der Waals surface area contributed by atoms with Gasteiger partial charge in [0.05, 0.1) is 0 Å². The molecule has 498 valence electrons. The van der Waals surface area contributed by atoms with Gasteiger partial charge in [0.15, 0.2) is 0 Å². The van der Waals surface area contributed by atoms with Crippen molar-refractivity contribution in [2.75, 3.05) is 85.1 Å². The minimum atomic E-state index is 0.671. The van der Waals surface area contributed by atoms with Crippen LogP contribution in [0.1, 0.15) is 192 Å². The zero-order valence-corrected chi connectivity index (χ0v) is 60.6. The zero-order chi connectivity index (χ0) is 65.6. The predicted octanol–water partition coefficient (Wildman–Crippen LogP) is 20.2. The van der Waals surface area contributed by atoms with Gasteiger partial charge in [-0.3, -0.25) is 4.90 Å². The van der Waals surface area contributed by atoms with Crippen LogP contribution in [0.25, 0.3) is 0 Å². The lowest BCUT2D eigenvalue weighted by Gasteiger charge is -2.22. The van der Waals surface area contributed by atoms with Crippen molar-refractivity contribution in [2.24, 2.45) is 65.1 Å². The van der Waals surface area contributed by atoms with Crippen LogP contribution < -0.4 is 0 Å². The van der Waals surface area contributed by atoms with Crippen LogP contribution in [0.15, 0.2) is 176 Å². The highest BCUT2D eigenvalue weighted by Gasteiger charge is 2.40. The van der Waals surface area contributed by atoms with Crippen LogP contribution in [-0.4, -0.2) is 116 Å². The summed E-state index contributed by atoms with van der Waals surface area (Å²) in [6.45, 7) is 57.0. The Labute approximate surface area is 559 Å². The second kappa shape index (κ2) is 37.3. The number of benzene rings is 6. The molecule has 91 heavy (non-hydrogen) atoms. The third kappa shape index (κ3) is 22.1. The van der Waals surface area contributed by atoms with Crippen LogP contribution in [0.3, 0.4) is 0 Å². The van der Waals surface area contributed by atoms with E-state index < -0.39 is 0 Å². The molecular weight excluding hydrogens is 1100 g/mol. The average Bonchev–Trinajstić information content (AvgIpc) is 2.25. The largest absolute Gasteiger partial charge is 0.302 e. The predicted molar refractivity (Wildman–Crippen MR) is 395 cm³/mol. The van der Waals surface area contributed by atoms with E-state index in [1.54, 1.807) is 0 Å². The Balaban J connectivity index is 0.000000162. The zero-order valence-electron chi connectivity index (χ0n) is 60.6. The van der Waals surface area contributed by atoms with Gasteiger partial charge in [-0.1, -0.05) is 278 Å². The van der Waals surface area contributed by atoms with Crippen LogP contribution in [0.5, 0.6) is 0 Å². The molecule has 0 spiro atoms. The van der Waals surface area contributed by atoms with Gasteiger partial charge in [-0.05, 0) is 145 Å². The minimum absolute atomic E-state index is 0.671. The molecule has 0 radical (unpaired) electrons. The van der Waals surface area contributed by atoms with E-state index in [1.165, 1.54) is 137 Å². The molecule has 5 saturated heterocycles. The van der Waals surface area contributed by atoms with Gasteiger partial charge in [0, 0.05) is 114 Å². The highest BCUT2D eigenvalue weighted by Crippen LogP contribution is 2.42. The number of aryl methyl sites for hydroxylation is 1. The van der Waals surface area contributed by atoms with Crippen molar-refractivity contribution in [2.45, 2.75) is 173 Å². The Morgan fingerprint density at radius 3 is 0.879 bits per heavy atom. The number of rotatable bonds is 19. The lowest BCUT2D eigenvalue weighted by Crippen LogP contribution is -2.28. The molecule has 5 aliphatic rings. The summed E-state index contributed by atoms with van der Waals surface area (Å²) in [6.07, 6.45) is 2.54. The smallest absolute Gasteiger partial charge is 0.0234 e. The Bertz CT molecular complexity index is 2780. The monoisotopic (exact) mass is 1230 g/mol. The van der Waals surface area contributed by atoms with E-state index in [0.29, 0.717) is 12.0 Å². The molecule has 5 aliphatic heterocycles. The first kappa shape index (κ1) is 73.5. The van der Waals surface area contributed by atoms with E-state index in [-0.39, 0.29) is 0 Å². The molecule has 0 bridgehead atoms. The number of hydrogen-bond donors (Lipinski definition) is 0. The first-order chi connectivity index (χ1) is 43.7. The first-order valence-electron chi connectivity index (χ1n) is 36.7. The standard InChI is InChI=1S/C21H27N.C17H27N.3C16H25N/c1-16(2)20-14-22(13-18-11-9-17(3)10-12-18)15-21(20)19-7-5-4-6-8-19;1-13(2)10-18-11-16(14(3)4)17(12-18)15-8-6-5-7-9-15;1-12(2)15-10-17(13(3)4)11-16(15)14-8-6-5-7-9-14;2*1-4-10-17-11-15(13(2)3)16(12-17)14-8-6-5-7-9-14/h4-12,16,20-21H,13-15H2,1-3H3;5-9,13-14,16-17H,10-12H2,1-4H3;5-9,12-13,15-16H,10-11H2,1-4H3;2*5-9,13,15-16H,4,10-12H2,1-3H3/t20-,21-;16-,17-;3*15-,16-/m11111/s1. The van der Waals surface area contributed by atoms with Gasteiger partial charge >= 0.3 is 0 Å². The maximum Gasteiger partial charge on any atom is 0.0234 e. The van der Waals surface area contributed by atoms with E-state index in [9.17, 15) is 0 Å². The van der Waals surface area contributed by atoms with E-state index in [2.05, 4.69) is 318 Å². The Kier molecular flexibility index (Phi) is 30.1. The highest BCUT2D eigenvalue weighted by atomic mass is 15.2. The summed E-state index contributed by atoms with van der Waals surface area (Å²) in [6, 6.07) is 65.0. The molecule has 0 unspecified atom stereocenters. The molecule has 0 aliphatic carbocycles. The fourth-order valence-corrected chi connectivity index (χ4v) is 16.3. The molecule has 5 heterocycles. The van der Waals surface area contributed by atoms with Gasteiger partial charge in [-0.25, -0.2) is 0 Å². The molecule has 0 aromatic heterocycles. The van der Waals surface area contributed by atoms with E-state index >= 15 is 0 Å². The topological polar surface area (TPSA) is 16.2 Å². The van der Waals surface area contributed by atoms with Crippen LogP contribution >= 0.6 is 0 Å². The third-order valence-electron chi connectivity index (χ3n) is 21.5. The van der Waals surface area contributed by atoms with E-state index in [1.807, 2.05) is 0 Å². The molecule has 11 rings (SSSR count). The van der Waals surface area contributed by atoms with Crippen molar-refractivity contribution in [3.63, 3.8) is 0 Å². The second-order valence-electron chi connectivity index (χ2n) is 31.0. The maximum absolute atomic E-state index is 2.66. The molecule has 5 fully saturated rings. The van der Waals surface area contributed by atoms with Crippen molar-refractivity contribution in [3.05, 3.63) is 215 Å². The molecule has 0 amide bonds. The third-order valence-corrected chi connectivity index (χ3v) is 21.5. The fourth-order valence-electron chi connectivity index (χ4n) is 16.3. The van der Waals surface area contributed by atoms with Crippen LogP contribution in [0.4, 0.5) is 0 Å². The lowest BCUT2D eigenvalue weighted by molar-refractivity contribution is 0.253. The number of likely N-dealkylation sites (tertiary alicyclic amines) is 5. The van der Waals surface area contributed by atoms with E-state index in [4.69, 9.17) is 0 Å². The molecule has 5 heteroatoms. The van der Waals surface area contributed by atoms with Gasteiger partial charge in [-0.15, -0.1) is 0 Å². The highest BCUT2D eigenvalue weighted by molar-refractivity contribution is 5.28. The molecule has 0 N–H and O–H groups in total. The summed E-state index contributed by atoms with van der Waals surface area (Å²) in [7, 11) is 0. The normalized spacial score (nSPS) is 24.8. The van der Waals surface area contributed by atoms with Gasteiger partial charge in [-0.2, -0.15) is 0 Å². The average molecular weight is 1230 g/mol. The molecule has 10 atom stereocenters. The van der Waals surface area contributed by atoms with Crippen molar-refractivity contribution >= 4 is 0 Å². The number of hydrogen-bond acceptors (Lipinski definition) is 5. The number of nitrogens with zero attached hydrogens (tertiary/aromatic N) is 5. The van der Waals surface area contributed by atoms with Crippen molar-refractivity contribution < 1.29 is 0 Å². The Hall–Kier alpha value is -4.88. The lowest BCUT2D eigenvalue weighted by atomic mass is 9.82. The maximum atomic E-state index is 2.66. The molecule has 5 nitrogen and oxygen atoms in total. The Morgan fingerprint density at radius 2 is 0.582 bits per heavy atom. The summed E-state index contributed by atoms with van der Waals surface area (Å²) in [5.41, 5.74) is 10.4. The van der Waals surface area contributed by atoms with E-state index in [0.717, 1.165) is 95.3 Å². The summed E-state index contributed by atoms with van der Waals surface area (Å²) in [4.78, 5) is 13.2. The van der Waals surface area contributed by atoms with Crippen molar-refractivity contribution in [1.82, 2.24) is 24.5 Å². The van der Waals surface area contributed by atoms with Crippen molar-refractivity contribution in [1.29, 1.82) is 0 Å². The quantitative estimate of drug-likeness (QED) is 0.0801. The van der Waals surface area contributed by atoms with Gasteiger partial charge in [0.1, 0.15) is 0 Å². The Morgan fingerprint density at radius 1 is 0.308 bits per heavy atom. The van der Waals surface area contributed by atoms with Crippen LogP contribution in [0, 0.1) is 72.0 Å². The second-order valence-corrected chi connectivity index (χ2v) is 31.0. The minimum Gasteiger partial charge on any atom is -0.302 e. The first-order valence-corrected chi connectivity index (χ1v) is 36.7. The SMILES string of the molecule is CC(C)CN1C[C@H](c2ccccc2)[C@@H](C(C)C)C1.CC(C)[C@H]1CN(C(C)C)C[C@@H]1c1ccccc1.CCCN1C[C@H](c2ccccc2)[C@@H](C(C)C)C1.CCCN1C[C@H](c2ccccc2)[C@@H](C(C)C)C1.Cc1ccc(CN2C[C@H](c3ccccc3)[C@@H](C(C)C)C2)cc1. The van der Waals surface area contributed by atoms with Gasteiger partial charge in [0.2, 0.25) is 0 Å². The molecule has 6 aromatic rings. The van der Waals surface area contributed by atoms with Crippen LogP contribution in [-0.2, 0) is 6.54 Å². The summed E-state index contributed by atoms with van der Waals surface area (Å²) in [5.74, 6) is 12.2.